The van der Waals surface area contributed by atoms with Crippen LogP contribution in [0.15, 0.2) is 10.7 Å². The van der Waals surface area contributed by atoms with Crippen molar-refractivity contribution in [3.8, 4) is 6.07 Å². The van der Waals surface area contributed by atoms with Crippen molar-refractivity contribution < 1.29 is 4.42 Å². The highest BCUT2D eigenvalue weighted by atomic mass is 16.3. The molecule has 0 radical (unpaired) electrons. The van der Waals surface area contributed by atoms with Crippen LogP contribution in [-0.4, -0.2) is 4.98 Å². The molecular formula is C8H10N2O. The topological polar surface area (TPSA) is 49.8 Å². The van der Waals surface area contributed by atoms with E-state index in [1.54, 1.807) is 0 Å². The van der Waals surface area contributed by atoms with E-state index in [0.717, 1.165) is 6.42 Å². The van der Waals surface area contributed by atoms with Gasteiger partial charge in [0.15, 0.2) is 11.6 Å². The van der Waals surface area contributed by atoms with E-state index in [2.05, 4.69) is 11.9 Å². The van der Waals surface area contributed by atoms with Gasteiger partial charge in [-0.15, -0.1) is 0 Å². The van der Waals surface area contributed by atoms with E-state index in [-0.39, 0.29) is 0 Å². The van der Waals surface area contributed by atoms with Crippen LogP contribution in [0.3, 0.4) is 0 Å². The lowest BCUT2D eigenvalue weighted by Crippen LogP contribution is -1.90. The molecule has 1 rings (SSSR count). The van der Waals surface area contributed by atoms with Crippen LogP contribution in [0.4, 0.5) is 0 Å². The van der Waals surface area contributed by atoms with Gasteiger partial charge in [-0.25, -0.2) is 4.98 Å². The maximum atomic E-state index is 8.43. The molecule has 0 amide bonds. The first kappa shape index (κ1) is 7.80. The van der Waals surface area contributed by atoms with Crippen molar-refractivity contribution in [2.24, 2.45) is 0 Å². The summed E-state index contributed by atoms with van der Waals surface area (Å²) < 4.78 is 5.07. The molecule has 0 aromatic carbocycles. The van der Waals surface area contributed by atoms with Crippen LogP contribution >= 0.6 is 0 Å². The minimum atomic E-state index is 0.303. The Labute approximate surface area is 65.7 Å². The molecule has 0 spiro atoms. The minimum Gasteiger partial charge on any atom is -0.447 e. The Hall–Kier alpha value is -1.30. The second-order valence-electron chi connectivity index (χ2n) is 2.49. The van der Waals surface area contributed by atoms with E-state index in [1.165, 1.54) is 6.26 Å². The largest absolute Gasteiger partial charge is 0.447 e. The zero-order valence-electron chi connectivity index (χ0n) is 6.66. The summed E-state index contributed by atoms with van der Waals surface area (Å²) >= 11 is 0. The van der Waals surface area contributed by atoms with Crippen molar-refractivity contribution in [1.29, 1.82) is 5.26 Å². The molecular weight excluding hydrogens is 140 g/mol. The summed E-state index contributed by atoms with van der Waals surface area (Å²) in [5, 5.41) is 8.43. The molecule has 0 fully saturated rings. The molecule has 58 valence electrons. The lowest BCUT2D eigenvalue weighted by atomic mass is 10.1. The second-order valence-corrected chi connectivity index (χ2v) is 2.49. The van der Waals surface area contributed by atoms with Crippen LogP contribution in [0, 0.1) is 11.3 Å². The normalized spacial score (nSPS) is 12.5. The SMILES string of the molecule is CC[C@H](C)c1nc(C#N)co1. The Morgan fingerprint density at radius 3 is 3.00 bits per heavy atom. The Morgan fingerprint density at radius 2 is 2.55 bits per heavy atom. The van der Waals surface area contributed by atoms with Crippen LogP contribution in [-0.2, 0) is 0 Å². The van der Waals surface area contributed by atoms with E-state index >= 15 is 0 Å². The molecule has 1 heterocycles. The summed E-state index contributed by atoms with van der Waals surface area (Å²) in [6.45, 7) is 4.08. The van der Waals surface area contributed by atoms with Crippen molar-refractivity contribution >= 4 is 0 Å². The zero-order valence-corrected chi connectivity index (χ0v) is 6.66. The molecule has 1 aromatic rings. The van der Waals surface area contributed by atoms with Crippen molar-refractivity contribution in [3.63, 3.8) is 0 Å². The average molecular weight is 150 g/mol. The average Bonchev–Trinajstić information content (AvgIpc) is 2.50. The minimum absolute atomic E-state index is 0.303. The fourth-order valence-electron chi connectivity index (χ4n) is 0.740. The molecule has 0 N–H and O–H groups in total. The Balaban J connectivity index is 2.82. The van der Waals surface area contributed by atoms with Crippen LogP contribution in [0.2, 0.25) is 0 Å². The number of nitrogens with zero attached hydrogens (tertiary/aromatic N) is 2. The van der Waals surface area contributed by atoms with Gasteiger partial charge in [-0.3, -0.25) is 0 Å². The number of oxazole rings is 1. The van der Waals surface area contributed by atoms with Gasteiger partial charge < -0.3 is 4.42 Å². The molecule has 3 heteroatoms. The molecule has 11 heavy (non-hydrogen) atoms. The first-order valence-corrected chi connectivity index (χ1v) is 3.63. The van der Waals surface area contributed by atoms with Crippen molar-refractivity contribution in [1.82, 2.24) is 4.98 Å². The highest BCUT2D eigenvalue weighted by molar-refractivity contribution is 5.15. The molecule has 0 aliphatic heterocycles. The van der Waals surface area contributed by atoms with E-state index in [4.69, 9.17) is 9.68 Å². The third kappa shape index (κ3) is 1.58. The van der Waals surface area contributed by atoms with E-state index in [0.29, 0.717) is 17.5 Å². The molecule has 1 atom stereocenters. The molecule has 0 saturated heterocycles. The van der Waals surface area contributed by atoms with Gasteiger partial charge in [0.1, 0.15) is 12.3 Å². The predicted octanol–water partition coefficient (Wildman–Crippen LogP) is 2.06. The summed E-state index contributed by atoms with van der Waals surface area (Å²) in [6, 6.07) is 1.92. The first-order valence-electron chi connectivity index (χ1n) is 3.63. The Kier molecular flexibility index (Phi) is 2.27. The quantitative estimate of drug-likeness (QED) is 0.648. The van der Waals surface area contributed by atoms with Gasteiger partial charge in [0.2, 0.25) is 0 Å². The van der Waals surface area contributed by atoms with Gasteiger partial charge in [0.25, 0.3) is 0 Å². The lowest BCUT2D eigenvalue weighted by molar-refractivity contribution is 0.453. The third-order valence-electron chi connectivity index (χ3n) is 1.67. The molecule has 3 nitrogen and oxygen atoms in total. The van der Waals surface area contributed by atoms with Gasteiger partial charge in [-0.2, -0.15) is 5.26 Å². The molecule has 0 unspecified atom stereocenters. The highest BCUT2D eigenvalue weighted by Crippen LogP contribution is 2.16. The number of rotatable bonds is 2. The smallest absolute Gasteiger partial charge is 0.198 e. The second kappa shape index (κ2) is 3.20. The van der Waals surface area contributed by atoms with Crippen molar-refractivity contribution in [2.75, 3.05) is 0 Å². The van der Waals surface area contributed by atoms with Crippen LogP contribution in [0.1, 0.15) is 37.8 Å². The molecule has 1 aromatic heterocycles. The van der Waals surface area contributed by atoms with Crippen LogP contribution < -0.4 is 0 Å². The van der Waals surface area contributed by atoms with Crippen molar-refractivity contribution in [2.45, 2.75) is 26.2 Å². The standard InChI is InChI=1S/C8H10N2O/c1-3-6(2)8-10-7(4-9)5-11-8/h5-6H,3H2,1-2H3/t6-/m0/s1. The van der Waals surface area contributed by atoms with Crippen LogP contribution in [0.5, 0.6) is 0 Å². The van der Waals surface area contributed by atoms with Gasteiger partial charge in [0, 0.05) is 5.92 Å². The van der Waals surface area contributed by atoms with Gasteiger partial charge in [0.05, 0.1) is 0 Å². The summed E-state index contributed by atoms with van der Waals surface area (Å²) in [4.78, 5) is 3.97. The molecule has 0 aliphatic rings. The van der Waals surface area contributed by atoms with Gasteiger partial charge >= 0.3 is 0 Å². The third-order valence-corrected chi connectivity index (χ3v) is 1.67. The van der Waals surface area contributed by atoms with Crippen LogP contribution in [0.25, 0.3) is 0 Å². The Bertz CT molecular complexity index is 272. The summed E-state index contributed by atoms with van der Waals surface area (Å²) in [5.41, 5.74) is 0.361. The van der Waals surface area contributed by atoms with Crippen molar-refractivity contribution in [3.05, 3.63) is 17.8 Å². The van der Waals surface area contributed by atoms with Gasteiger partial charge in [-0.1, -0.05) is 13.8 Å². The number of hydrogen-bond acceptors (Lipinski definition) is 3. The fraction of sp³-hybridized carbons (Fsp3) is 0.500. The fourth-order valence-corrected chi connectivity index (χ4v) is 0.740. The maximum absolute atomic E-state index is 8.43. The number of hydrogen-bond donors (Lipinski definition) is 0. The highest BCUT2D eigenvalue weighted by Gasteiger charge is 2.09. The zero-order chi connectivity index (χ0) is 8.27. The maximum Gasteiger partial charge on any atom is 0.198 e. The Morgan fingerprint density at radius 1 is 1.82 bits per heavy atom. The monoisotopic (exact) mass is 150 g/mol. The van der Waals surface area contributed by atoms with E-state index < -0.39 is 0 Å². The molecule has 0 saturated carbocycles. The van der Waals surface area contributed by atoms with E-state index in [9.17, 15) is 0 Å². The number of aromatic nitrogens is 1. The summed E-state index contributed by atoms with van der Waals surface area (Å²) in [6.07, 6.45) is 2.37. The number of nitriles is 1. The summed E-state index contributed by atoms with van der Waals surface area (Å²) in [5.74, 6) is 0.959. The van der Waals surface area contributed by atoms with Gasteiger partial charge in [-0.05, 0) is 6.42 Å². The molecule has 0 aliphatic carbocycles. The summed E-state index contributed by atoms with van der Waals surface area (Å²) in [7, 11) is 0. The van der Waals surface area contributed by atoms with E-state index in [1.807, 2.05) is 13.0 Å². The molecule has 0 bridgehead atoms. The predicted molar refractivity (Wildman–Crippen MR) is 39.9 cm³/mol. The first-order chi connectivity index (χ1) is 5.27. The lowest BCUT2D eigenvalue weighted by Gasteiger charge is -1.99.